The van der Waals surface area contributed by atoms with Crippen LogP contribution in [0.1, 0.15) is 34.2 Å². The average Bonchev–Trinajstić information content (AvgIpc) is 3.18. The molecule has 1 fully saturated rings. The van der Waals surface area contributed by atoms with E-state index in [4.69, 9.17) is 0 Å². The number of likely N-dealkylation sites (tertiary alicyclic amines) is 1. The highest BCUT2D eigenvalue weighted by Gasteiger charge is 2.31. The lowest BCUT2D eigenvalue weighted by molar-refractivity contribution is 0.0786. The average molecular weight is 362 g/mol. The van der Waals surface area contributed by atoms with Gasteiger partial charge in [-0.05, 0) is 37.6 Å². The molecule has 1 saturated heterocycles. The summed E-state index contributed by atoms with van der Waals surface area (Å²) in [5, 5.41) is 0. The normalized spacial score (nSPS) is 16.5. The first kappa shape index (κ1) is 17.3. The van der Waals surface area contributed by atoms with E-state index in [1.807, 2.05) is 25.1 Å². The number of aryl methyl sites for hydroxylation is 1. The van der Waals surface area contributed by atoms with Crippen LogP contribution in [-0.4, -0.2) is 38.8 Å². The highest BCUT2D eigenvalue weighted by Crippen LogP contribution is 2.33. The molecule has 1 aliphatic heterocycles. The summed E-state index contributed by atoms with van der Waals surface area (Å²) in [6, 6.07) is 11.8. The Bertz CT molecular complexity index is 977. The molecule has 1 amide bonds. The number of aromatic nitrogens is 3. The van der Waals surface area contributed by atoms with Gasteiger partial charge in [0.05, 0.1) is 17.0 Å². The summed E-state index contributed by atoms with van der Waals surface area (Å²) in [4.78, 5) is 27.8. The molecule has 2 aromatic heterocycles. The van der Waals surface area contributed by atoms with E-state index in [-0.39, 0.29) is 17.4 Å². The van der Waals surface area contributed by atoms with Crippen molar-refractivity contribution in [1.82, 2.24) is 19.9 Å². The number of carbonyl (C=O) groups is 1. The summed E-state index contributed by atoms with van der Waals surface area (Å²) in [6.07, 6.45) is 4.31. The van der Waals surface area contributed by atoms with Crippen LogP contribution in [0.3, 0.4) is 0 Å². The third-order valence-corrected chi connectivity index (χ3v) is 4.85. The molecule has 0 spiro atoms. The smallest absolute Gasteiger partial charge is 0.256 e. The quantitative estimate of drug-likeness (QED) is 0.714. The second-order valence-electron chi connectivity index (χ2n) is 6.65. The predicted molar refractivity (Wildman–Crippen MR) is 99.7 cm³/mol. The van der Waals surface area contributed by atoms with Gasteiger partial charge in [0.1, 0.15) is 11.6 Å². The van der Waals surface area contributed by atoms with E-state index in [1.54, 1.807) is 29.4 Å². The Morgan fingerprint density at radius 2 is 1.96 bits per heavy atom. The Labute approximate surface area is 156 Å². The van der Waals surface area contributed by atoms with Crippen molar-refractivity contribution < 1.29 is 9.18 Å². The van der Waals surface area contributed by atoms with Gasteiger partial charge in [-0.3, -0.25) is 9.78 Å². The molecule has 0 saturated carbocycles. The van der Waals surface area contributed by atoms with Gasteiger partial charge >= 0.3 is 0 Å². The van der Waals surface area contributed by atoms with Gasteiger partial charge in [-0.15, -0.1) is 0 Å². The van der Waals surface area contributed by atoms with E-state index >= 15 is 0 Å². The molecule has 0 aliphatic carbocycles. The van der Waals surface area contributed by atoms with E-state index in [1.165, 1.54) is 12.1 Å². The fourth-order valence-corrected chi connectivity index (χ4v) is 3.49. The zero-order valence-corrected chi connectivity index (χ0v) is 15.0. The van der Waals surface area contributed by atoms with Crippen LogP contribution in [0.25, 0.3) is 11.3 Å². The highest BCUT2D eigenvalue weighted by atomic mass is 19.1. The maximum Gasteiger partial charge on any atom is 0.256 e. The van der Waals surface area contributed by atoms with Gasteiger partial charge in [-0.1, -0.05) is 18.2 Å². The largest absolute Gasteiger partial charge is 0.338 e. The Morgan fingerprint density at radius 3 is 2.74 bits per heavy atom. The molecule has 136 valence electrons. The van der Waals surface area contributed by atoms with E-state index in [2.05, 4.69) is 15.0 Å². The van der Waals surface area contributed by atoms with Crippen molar-refractivity contribution in [1.29, 1.82) is 0 Å². The van der Waals surface area contributed by atoms with Gasteiger partial charge in [0.15, 0.2) is 0 Å². The number of hydrogen-bond acceptors (Lipinski definition) is 4. The standard InChI is InChI=1S/C21H19FN4O/c1-14-24-12-17(19-8-4-5-10-23-19)20(25-14)15-9-11-26(13-15)21(27)16-6-2-3-7-18(16)22/h2-8,10,12,15H,9,11,13H2,1H3. The Hall–Kier alpha value is -3.15. The molecule has 5 nitrogen and oxygen atoms in total. The number of carbonyl (C=O) groups excluding carboxylic acids is 1. The van der Waals surface area contributed by atoms with Crippen molar-refractivity contribution in [3.8, 4) is 11.3 Å². The number of pyridine rings is 1. The lowest BCUT2D eigenvalue weighted by atomic mass is 9.98. The number of rotatable bonds is 3. The summed E-state index contributed by atoms with van der Waals surface area (Å²) in [7, 11) is 0. The van der Waals surface area contributed by atoms with Crippen LogP contribution in [0, 0.1) is 12.7 Å². The summed E-state index contributed by atoms with van der Waals surface area (Å²) in [6.45, 7) is 2.93. The molecule has 3 heterocycles. The first-order valence-corrected chi connectivity index (χ1v) is 8.92. The van der Waals surface area contributed by atoms with Gasteiger partial charge in [0.2, 0.25) is 0 Å². The van der Waals surface area contributed by atoms with Crippen molar-refractivity contribution in [3.63, 3.8) is 0 Å². The molecule has 1 unspecified atom stereocenters. The number of halogens is 1. The molecular formula is C21H19FN4O. The molecule has 1 atom stereocenters. The van der Waals surface area contributed by atoms with Gasteiger partial charge < -0.3 is 4.90 Å². The third-order valence-electron chi connectivity index (χ3n) is 4.85. The minimum Gasteiger partial charge on any atom is -0.338 e. The maximum atomic E-state index is 14.0. The van der Waals surface area contributed by atoms with Crippen molar-refractivity contribution in [2.45, 2.75) is 19.3 Å². The van der Waals surface area contributed by atoms with Crippen molar-refractivity contribution >= 4 is 5.91 Å². The molecule has 3 aromatic rings. The number of hydrogen-bond donors (Lipinski definition) is 0. The molecule has 4 rings (SSSR count). The zero-order valence-electron chi connectivity index (χ0n) is 15.0. The Morgan fingerprint density at radius 1 is 1.15 bits per heavy atom. The molecule has 6 heteroatoms. The van der Waals surface area contributed by atoms with Gasteiger partial charge in [-0.25, -0.2) is 14.4 Å². The minimum absolute atomic E-state index is 0.0689. The third kappa shape index (κ3) is 3.43. The zero-order chi connectivity index (χ0) is 18.8. The van der Waals surface area contributed by atoms with Crippen molar-refractivity contribution in [3.05, 3.63) is 77.8 Å². The molecule has 1 aliphatic rings. The Kier molecular flexibility index (Phi) is 4.62. The van der Waals surface area contributed by atoms with E-state index in [0.717, 1.165) is 23.4 Å². The molecule has 1 aromatic carbocycles. The topological polar surface area (TPSA) is 59.0 Å². The number of amides is 1. The van der Waals surface area contributed by atoms with E-state index in [0.29, 0.717) is 18.9 Å². The van der Waals surface area contributed by atoms with Crippen LogP contribution in [0.2, 0.25) is 0 Å². The first-order valence-electron chi connectivity index (χ1n) is 8.92. The van der Waals surface area contributed by atoms with E-state index < -0.39 is 5.82 Å². The SMILES string of the molecule is Cc1ncc(-c2ccccn2)c(C2CCN(C(=O)c3ccccc3F)C2)n1. The van der Waals surface area contributed by atoms with Crippen molar-refractivity contribution in [2.24, 2.45) is 0 Å². The number of nitrogens with zero attached hydrogens (tertiary/aromatic N) is 4. The van der Waals surface area contributed by atoms with E-state index in [9.17, 15) is 9.18 Å². The second kappa shape index (κ2) is 7.23. The first-order chi connectivity index (χ1) is 13.1. The predicted octanol–water partition coefficient (Wildman–Crippen LogP) is 3.62. The van der Waals surface area contributed by atoms with Crippen LogP contribution in [0.5, 0.6) is 0 Å². The van der Waals surface area contributed by atoms with Crippen LogP contribution in [0.15, 0.2) is 54.9 Å². The lowest BCUT2D eigenvalue weighted by Gasteiger charge is -2.18. The summed E-state index contributed by atoms with van der Waals surface area (Å²) >= 11 is 0. The van der Waals surface area contributed by atoms with Gasteiger partial charge in [0, 0.05) is 37.0 Å². The van der Waals surface area contributed by atoms with Crippen LogP contribution in [0.4, 0.5) is 4.39 Å². The summed E-state index contributed by atoms with van der Waals surface area (Å²) in [5.41, 5.74) is 2.70. The molecule has 27 heavy (non-hydrogen) atoms. The highest BCUT2D eigenvalue weighted by molar-refractivity contribution is 5.94. The van der Waals surface area contributed by atoms with Crippen LogP contribution in [-0.2, 0) is 0 Å². The second-order valence-corrected chi connectivity index (χ2v) is 6.65. The van der Waals surface area contributed by atoms with Gasteiger partial charge in [0.25, 0.3) is 5.91 Å². The summed E-state index contributed by atoms with van der Waals surface area (Å²) < 4.78 is 14.0. The summed E-state index contributed by atoms with van der Waals surface area (Å²) in [5.74, 6) is -0.0123. The molecular weight excluding hydrogens is 343 g/mol. The monoisotopic (exact) mass is 362 g/mol. The molecule has 0 radical (unpaired) electrons. The van der Waals surface area contributed by atoms with Crippen molar-refractivity contribution in [2.75, 3.05) is 13.1 Å². The van der Waals surface area contributed by atoms with Crippen LogP contribution < -0.4 is 0 Å². The maximum absolute atomic E-state index is 14.0. The minimum atomic E-state index is -0.488. The molecule has 0 N–H and O–H groups in total. The van der Waals surface area contributed by atoms with Gasteiger partial charge in [-0.2, -0.15) is 0 Å². The fraction of sp³-hybridized carbons (Fsp3) is 0.238. The lowest BCUT2D eigenvalue weighted by Crippen LogP contribution is -2.29. The fourth-order valence-electron chi connectivity index (χ4n) is 3.49. The van der Waals surface area contributed by atoms with Crippen LogP contribution >= 0.6 is 0 Å². The Balaban J connectivity index is 1.62. The molecule has 0 bridgehead atoms. The number of benzene rings is 1.